The second-order valence-electron chi connectivity index (χ2n) is 9.14. The van der Waals surface area contributed by atoms with Crippen molar-refractivity contribution in [3.8, 4) is 0 Å². The van der Waals surface area contributed by atoms with Crippen LogP contribution in [0, 0.1) is 0 Å². The van der Waals surface area contributed by atoms with Crippen LogP contribution in [0.2, 0.25) is 0 Å². The number of aliphatic carboxylic acids is 1. The number of anilines is 1. The minimum atomic E-state index is -1.23. The van der Waals surface area contributed by atoms with Crippen LogP contribution in [0.4, 0.5) is 10.6 Å². The first-order valence-electron chi connectivity index (χ1n) is 11.2. The molecule has 0 saturated carbocycles. The summed E-state index contributed by atoms with van der Waals surface area (Å²) in [5.74, 6) is -2.24. The highest BCUT2D eigenvalue weighted by Crippen LogP contribution is 2.31. The Hall–Kier alpha value is -3.95. The van der Waals surface area contributed by atoms with Crippen LogP contribution in [0.5, 0.6) is 0 Å². The highest BCUT2D eigenvalue weighted by atomic mass is 16.6. The number of esters is 1. The van der Waals surface area contributed by atoms with E-state index in [0.29, 0.717) is 5.56 Å². The van der Waals surface area contributed by atoms with Crippen molar-refractivity contribution in [2.75, 3.05) is 4.90 Å². The Balaban J connectivity index is 1.75. The predicted octanol–water partition coefficient (Wildman–Crippen LogP) is 2.84. The van der Waals surface area contributed by atoms with Gasteiger partial charge in [0.05, 0.1) is 0 Å². The molecule has 1 aromatic heterocycles. The van der Waals surface area contributed by atoms with Crippen molar-refractivity contribution >= 4 is 29.8 Å². The summed E-state index contributed by atoms with van der Waals surface area (Å²) >= 11 is 0. The van der Waals surface area contributed by atoms with Gasteiger partial charge in [0.1, 0.15) is 30.1 Å². The molecule has 0 unspecified atom stereocenters. The molecule has 10 nitrogen and oxygen atoms in total. The SMILES string of the molecule is CC(C)(C)OC(=O)N[C@@H](CCC(=O)OCc1ccccc1)C(=O)N1c2ncccc2C[C@H]1C(=O)O. The number of benzene rings is 1. The van der Waals surface area contributed by atoms with E-state index in [1.807, 2.05) is 30.3 Å². The molecular formula is C25H29N3O7. The molecule has 0 saturated heterocycles. The number of nitrogens with zero attached hydrogens (tertiary/aromatic N) is 2. The van der Waals surface area contributed by atoms with Crippen LogP contribution < -0.4 is 10.2 Å². The highest BCUT2D eigenvalue weighted by molar-refractivity contribution is 6.04. The smallest absolute Gasteiger partial charge is 0.408 e. The van der Waals surface area contributed by atoms with Crippen molar-refractivity contribution in [3.05, 3.63) is 59.8 Å². The number of aromatic nitrogens is 1. The van der Waals surface area contributed by atoms with E-state index in [1.54, 1.807) is 32.9 Å². The molecule has 35 heavy (non-hydrogen) atoms. The molecule has 0 fully saturated rings. The van der Waals surface area contributed by atoms with E-state index in [1.165, 1.54) is 6.20 Å². The number of carboxylic acid groups (broad SMARTS) is 1. The Labute approximate surface area is 203 Å². The number of carbonyl (C=O) groups is 4. The molecule has 0 radical (unpaired) electrons. The van der Waals surface area contributed by atoms with Gasteiger partial charge in [-0.2, -0.15) is 0 Å². The maximum Gasteiger partial charge on any atom is 0.408 e. The zero-order valence-corrected chi connectivity index (χ0v) is 19.9. The van der Waals surface area contributed by atoms with Gasteiger partial charge in [0.2, 0.25) is 0 Å². The Morgan fingerprint density at radius 1 is 1.14 bits per heavy atom. The predicted molar refractivity (Wildman–Crippen MR) is 125 cm³/mol. The molecular weight excluding hydrogens is 454 g/mol. The molecule has 0 spiro atoms. The molecule has 0 bridgehead atoms. The first kappa shape index (κ1) is 25.7. The van der Waals surface area contributed by atoms with Crippen LogP contribution in [-0.4, -0.2) is 51.7 Å². The molecule has 1 aromatic carbocycles. The number of ether oxygens (including phenoxy) is 2. The van der Waals surface area contributed by atoms with E-state index in [9.17, 15) is 24.3 Å². The van der Waals surface area contributed by atoms with Gasteiger partial charge in [-0.3, -0.25) is 14.5 Å². The van der Waals surface area contributed by atoms with Gasteiger partial charge in [-0.15, -0.1) is 0 Å². The van der Waals surface area contributed by atoms with Crippen molar-refractivity contribution in [1.82, 2.24) is 10.3 Å². The normalized spacial score (nSPS) is 15.6. The van der Waals surface area contributed by atoms with Crippen LogP contribution in [0.25, 0.3) is 0 Å². The molecule has 2 aromatic rings. The van der Waals surface area contributed by atoms with Crippen molar-refractivity contribution in [2.45, 2.75) is 64.3 Å². The summed E-state index contributed by atoms with van der Waals surface area (Å²) < 4.78 is 10.5. The molecule has 1 aliphatic rings. The molecule has 10 heteroatoms. The summed E-state index contributed by atoms with van der Waals surface area (Å²) in [7, 11) is 0. The summed E-state index contributed by atoms with van der Waals surface area (Å²) in [6.07, 6.45) is 0.389. The summed E-state index contributed by atoms with van der Waals surface area (Å²) in [4.78, 5) is 55.5. The van der Waals surface area contributed by atoms with Gasteiger partial charge in [0.15, 0.2) is 0 Å². The largest absolute Gasteiger partial charge is 0.480 e. The van der Waals surface area contributed by atoms with E-state index in [-0.39, 0.29) is 31.7 Å². The molecule has 2 atom stereocenters. The minimum absolute atomic E-state index is 0.0717. The van der Waals surface area contributed by atoms with Crippen LogP contribution in [0.1, 0.15) is 44.7 Å². The van der Waals surface area contributed by atoms with Crippen LogP contribution in [0.15, 0.2) is 48.7 Å². The van der Waals surface area contributed by atoms with Crippen LogP contribution in [0.3, 0.4) is 0 Å². The maximum atomic E-state index is 13.5. The number of nitrogens with one attached hydrogen (secondary N) is 1. The number of fused-ring (bicyclic) bond motifs is 1. The van der Waals surface area contributed by atoms with E-state index in [0.717, 1.165) is 10.5 Å². The second-order valence-corrected chi connectivity index (χ2v) is 9.14. The Morgan fingerprint density at radius 3 is 2.51 bits per heavy atom. The average Bonchev–Trinajstić information content (AvgIpc) is 3.19. The number of carboxylic acids is 1. The van der Waals surface area contributed by atoms with Gasteiger partial charge in [0.25, 0.3) is 5.91 Å². The molecule has 3 rings (SSSR count). The number of amides is 2. The van der Waals surface area contributed by atoms with Gasteiger partial charge in [0, 0.05) is 19.0 Å². The number of hydrogen-bond acceptors (Lipinski definition) is 7. The van der Waals surface area contributed by atoms with Crippen molar-refractivity contribution in [1.29, 1.82) is 0 Å². The van der Waals surface area contributed by atoms with Crippen LogP contribution >= 0.6 is 0 Å². The number of alkyl carbamates (subject to hydrolysis) is 1. The fourth-order valence-electron chi connectivity index (χ4n) is 3.66. The highest BCUT2D eigenvalue weighted by Gasteiger charge is 2.42. The quantitative estimate of drug-likeness (QED) is 0.547. The van der Waals surface area contributed by atoms with E-state index in [4.69, 9.17) is 9.47 Å². The monoisotopic (exact) mass is 483 g/mol. The summed E-state index contributed by atoms with van der Waals surface area (Å²) in [5.41, 5.74) is 0.591. The fraction of sp³-hybridized carbons (Fsp3) is 0.400. The Morgan fingerprint density at radius 2 is 1.86 bits per heavy atom. The lowest BCUT2D eigenvalue weighted by Crippen LogP contribution is -2.54. The van der Waals surface area contributed by atoms with Crippen LogP contribution in [-0.2, 0) is 36.9 Å². The van der Waals surface area contributed by atoms with Crippen molar-refractivity contribution in [2.24, 2.45) is 0 Å². The summed E-state index contributed by atoms with van der Waals surface area (Å²) in [6, 6.07) is 10.1. The Bertz CT molecular complexity index is 1080. The van der Waals surface area contributed by atoms with Gasteiger partial charge < -0.3 is 19.9 Å². The third-order valence-electron chi connectivity index (χ3n) is 5.21. The molecule has 1 aliphatic heterocycles. The summed E-state index contributed by atoms with van der Waals surface area (Å²) in [6.45, 7) is 5.09. The second kappa shape index (κ2) is 11.0. The molecule has 0 aliphatic carbocycles. The number of hydrogen-bond donors (Lipinski definition) is 2. The molecule has 2 N–H and O–H groups in total. The third-order valence-corrected chi connectivity index (χ3v) is 5.21. The number of pyridine rings is 1. The third kappa shape index (κ3) is 7.02. The first-order chi connectivity index (χ1) is 16.5. The van der Waals surface area contributed by atoms with Gasteiger partial charge >= 0.3 is 18.0 Å². The van der Waals surface area contributed by atoms with Crippen molar-refractivity contribution in [3.63, 3.8) is 0 Å². The summed E-state index contributed by atoms with van der Waals surface area (Å²) in [5, 5.41) is 12.2. The molecule has 2 heterocycles. The lowest BCUT2D eigenvalue weighted by molar-refractivity contribution is -0.145. The molecule has 186 valence electrons. The molecule has 2 amide bonds. The lowest BCUT2D eigenvalue weighted by Gasteiger charge is -2.28. The number of rotatable bonds is 8. The number of carbonyl (C=O) groups excluding carboxylic acids is 3. The van der Waals surface area contributed by atoms with Gasteiger partial charge in [-0.1, -0.05) is 36.4 Å². The first-order valence-corrected chi connectivity index (χ1v) is 11.2. The fourth-order valence-corrected chi connectivity index (χ4v) is 3.66. The average molecular weight is 484 g/mol. The van der Waals surface area contributed by atoms with E-state index >= 15 is 0 Å². The van der Waals surface area contributed by atoms with E-state index < -0.39 is 41.6 Å². The minimum Gasteiger partial charge on any atom is -0.480 e. The standard InChI is InChI=1S/C25H29N3O7/c1-25(2,3)35-24(33)27-18(11-12-20(29)34-15-16-8-5-4-6-9-16)22(30)28-19(23(31)32)14-17-10-7-13-26-21(17)28/h4-10,13,18-19H,11-12,14-15H2,1-3H3,(H,27,33)(H,31,32)/t18-,19-/m0/s1. The Kier molecular flexibility index (Phi) is 8.06. The zero-order chi connectivity index (χ0) is 25.6. The van der Waals surface area contributed by atoms with Gasteiger partial charge in [-0.05, 0) is 44.4 Å². The lowest BCUT2D eigenvalue weighted by atomic mass is 10.1. The maximum absolute atomic E-state index is 13.5. The topological polar surface area (TPSA) is 135 Å². The van der Waals surface area contributed by atoms with E-state index in [2.05, 4.69) is 10.3 Å². The van der Waals surface area contributed by atoms with Crippen molar-refractivity contribution < 1.29 is 33.8 Å². The van der Waals surface area contributed by atoms with Gasteiger partial charge in [-0.25, -0.2) is 14.6 Å². The zero-order valence-electron chi connectivity index (χ0n) is 19.9.